The monoisotopic (exact) mass is 288 g/mol. The molecule has 5 heteroatoms. The molecule has 0 spiro atoms. The quantitative estimate of drug-likeness (QED) is 0.934. The largest absolute Gasteiger partial charge is 0.380 e. The normalized spacial score (nSPS) is 10.6. The summed E-state index contributed by atoms with van der Waals surface area (Å²) in [6.07, 6.45) is 2.01. The molecule has 0 aliphatic carbocycles. The van der Waals surface area contributed by atoms with Crippen LogP contribution in [0.4, 0.5) is 5.69 Å². The van der Waals surface area contributed by atoms with Crippen LogP contribution in [-0.4, -0.2) is 9.78 Å². The van der Waals surface area contributed by atoms with E-state index in [0.717, 1.165) is 16.9 Å². The Morgan fingerprint density at radius 3 is 2.80 bits per heavy atom. The van der Waals surface area contributed by atoms with E-state index in [4.69, 9.17) is 16.9 Å². The zero-order valence-electron chi connectivity index (χ0n) is 11.8. The van der Waals surface area contributed by atoms with Gasteiger partial charge in [-0.1, -0.05) is 25.4 Å². The fourth-order valence-electron chi connectivity index (χ4n) is 2.10. The third-order valence-corrected chi connectivity index (χ3v) is 3.36. The summed E-state index contributed by atoms with van der Waals surface area (Å²) in [5, 5.41) is 17.1. The summed E-state index contributed by atoms with van der Waals surface area (Å²) < 4.78 is 1.83. The fourth-order valence-corrected chi connectivity index (χ4v) is 2.34. The Kier molecular flexibility index (Phi) is 4.31. The maximum atomic E-state index is 8.82. The molecule has 0 unspecified atom stereocenters. The van der Waals surface area contributed by atoms with Gasteiger partial charge in [0.25, 0.3) is 0 Å². The fraction of sp³-hybridized carbons (Fsp3) is 0.333. The van der Waals surface area contributed by atoms with Gasteiger partial charge in [-0.25, -0.2) is 0 Å². The molecule has 2 rings (SSSR count). The lowest BCUT2D eigenvalue weighted by Gasteiger charge is -2.09. The van der Waals surface area contributed by atoms with E-state index in [1.807, 2.05) is 24.0 Å². The molecule has 20 heavy (non-hydrogen) atoms. The molecular formula is C15H17ClN4. The van der Waals surface area contributed by atoms with Crippen LogP contribution in [0.5, 0.6) is 0 Å². The molecule has 0 atom stereocenters. The lowest BCUT2D eigenvalue weighted by molar-refractivity contribution is 0.712. The molecule has 0 radical (unpaired) electrons. The number of halogens is 1. The minimum absolute atomic E-state index is 0.379. The molecule has 4 nitrogen and oxygen atoms in total. The predicted octanol–water partition coefficient (Wildman–Crippen LogP) is 3.68. The van der Waals surface area contributed by atoms with Crippen LogP contribution in [0.1, 0.15) is 36.6 Å². The van der Waals surface area contributed by atoms with Crippen LogP contribution in [0.25, 0.3) is 0 Å². The molecule has 0 amide bonds. The highest BCUT2D eigenvalue weighted by molar-refractivity contribution is 6.33. The summed E-state index contributed by atoms with van der Waals surface area (Å²) in [4.78, 5) is 0. The number of aryl methyl sites for hydroxylation is 1. The lowest BCUT2D eigenvalue weighted by atomic mass is 10.1. The molecule has 0 aliphatic heterocycles. The molecule has 0 bridgehead atoms. The van der Waals surface area contributed by atoms with Gasteiger partial charge in [-0.05, 0) is 24.1 Å². The molecule has 1 heterocycles. The van der Waals surface area contributed by atoms with Gasteiger partial charge in [0.05, 0.1) is 28.0 Å². The Hall–Kier alpha value is -1.99. The minimum atomic E-state index is 0.379. The highest BCUT2D eigenvalue weighted by Crippen LogP contribution is 2.24. The summed E-state index contributed by atoms with van der Waals surface area (Å²) in [7, 11) is 1.92. The molecule has 1 aromatic carbocycles. The molecule has 0 saturated heterocycles. The number of nitrogens with zero attached hydrogens (tertiary/aromatic N) is 3. The van der Waals surface area contributed by atoms with E-state index in [0.29, 0.717) is 23.0 Å². The van der Waals surface area contributed by atoms with Crippen molar-refractivity contribution in [2.75, 3.05) is 5.32 Å². The van der Waals surface area contributed by atoms with Crippen molar-refractivity contribution in [3.05, 3.63) is 46.2 Å². The van der Waals surface area contributed by atoms with E-state index in [1.165, 1.54) is 0 Å². The highest BCUT2D eigenvalue weighted by atomic mass is 35.5. The molecule has 0 saturated carbocycles. The first-order valence-corrected chi connectivity index (χ1v) is 6.85. The zero-order valence-corrected chi connectivity index (χ0v) is 12.6. The van der Waals surface area contributed by atoms with Crippen LogP contribution in [0.15, 0.2) is 24.4 Å². The van der Waals surface area contributed by atoms with E-state index in [2.05, 4.69) is 30.3 Å². The summed E-state index contributed by atoms with van der Waals surface area (Å²) in [6.45, 7) is 4.91. The molecule has 2 aromatic rings. The van der Waals surface area contributed by atoms with E-state index in [-0.39, 0.29) is 0 Å². The van der Waals surface area contributed by atoms with Crippen molar-refractivity contribution in [2.24, 2.45) is 7.05 Å². The van der Waals surface area contributed by atoms with Crippen LogP contribution in [0.2, 0.25) is 5.02 Å². The predicted molar refractivity (Wildman–Crippen MR) is 80.8 cm³/mol. The van der Waals surface area contributed by atoms with Gasteiger partial charge < -0.3 is 5.32 Å². The molecule has 0 aliphatic rings. The van der Waals surface area contributed by atoms with Gasteiger partial charge in [0, 0.05) is 25.4 Å². The van der Waals surface area contributed by atoms with Crippen molar-refractivity contribution in [3.8, 4) is 6.07 Å². The van der Waals surface area contributed by atoms with Crippen LogP contribution < -0.4 is 5.32 Å². The summed E-state index contributed by atoms with van der Waals surface area (Å²) in [5.74, 6) is 0.379. The van der Waals surface area contributed by atoms with Gasteiger partial charge in [0.2, 0.25) is 0 Å². The number of hydrogen-bond acceptors (Lipinski definition) is 3. The van der Waals surface area contributed by atoms with Crippen LogP contribution >= 0.6 is 11.6 Å². The van der Waals surface area contributed by atoms with Gasteiger partial charge in [-0.3, -0.25) is 4.68 Å². The third-order valence-electron chi connectivity index (χ3n) is 3.05. The SMILES string of the molecule is CC(C)c1nn(C)cc1CNc1ccc(C#N)cc1Cl. The first kappa shape index (κ1) is 14.4. The van der Waals surface area contributed by atoms with Gasteiger partial charge in [-0.15, -0.1) is 0 Å². The Labute approximate surface area is 124 Å². The second kappa shape index (κ2) is 5.98. The smallest absolute Gasteiger partial charge is 0.0992 e. The Bertz CT molecular complexity index is 652. The Morgan fingerprint density at radius 1 is 1.45 bits per heavy atom. The first-order valence-electron chi connectivity index (χ1n) is 6.47. The number of nitriles is 1. The van der Waals surface area contributed by atoms with Crippen LogP contribution in [-0.2, 0) is 13.6 Å². The Morgan fingerprint density at radius 2 is 2.20 bits per heavy atom. The lowest BCUT2D eigenvalue weighted by Crippen LogP contribution is -2.03. The maximum absolute atomic E-state index is 8.82. The second-order valence-electron chi connectivity index (χ2n) is 5.03. The maximum Gasteiger partial charge on any atom is 0.0992 e. The van der Waals surface area contributed by atoms with Crippen molar-refractivity contribution in [1.82, 2.24) is 9.78 Å². The summed E-state index contributed by atoms with van der Waals surface area (Å²) in [5.41, 5.74) is 3.63. The standard InChI is InChI=1S/C15H17ClN4/c1-10(2)15-12(9-20(3)19-15)8-18-14-5-4-11(7-17)6-13(14)16/h4-6,9-10,18H,8H2,1-3H3. The van der Waals surface area contributed by atoms with Gasteiger partial charge in [-0.2, -0.15) is 10.4 Å². The topological polar surface area (TPSA) is 53.6 Å². The van der Waals surface area contributed by atoms with Crippen LogP contribution in [0, 0.1) is 11.3 Å². The van der Waals surface area contributed by atoms with Crippen molar-refractivity contribution >= 4 is 17.3 Å². The molecule has 1 N–H and O–H groups in total. The molecule has 104 valence electrons. The summed E-state index contributed by atoms with van der Waals surface area (Å²) in [6, 6.07) is 7.31. The van der Waals surface area contributed by atoms with E-state index in [9.17, 15) is 0 Å². The molecular weight excluding hydrogens is 272 g/mol. The van der Waals surface area contributed by atoms with Gasteiger partial charge in [0.15, 0.2) is 0 Å². The minimum Gasteiger partial charge on any atom is -0.380 e. The van der Waals surface area contributed by atoms with Crippen molar-refractivity contribution < 1.29 is 0 Å². The van der Waals surface area contributed by atoms with Gasteiger partial charge in [0.1, 0.15) is 0 Å². The number of hydrogen-bond donors (Lipinski definition) is 1. The molecule has 0 fully saturated rings. The van der Waals surface area contributed by atoms with Crippen LogP contribution in [0.3, 0.4) is 0 Å². The van der Waals surface area contributed by atoms with E-state index >= 15 is 0 Å². The van der Waals surface area contributed by atoms with Crippen molar-refractivity contribution in [1.29, 1.82) is 5.26 Å². The summed E-state index contributed by atoms with van der Waals surface area (Å²) >= 11 is 6.15. The average Bonchev–Trinajstić information content (AvgIpc) is 2.78. The first-order chi connectivity index (χ1) is 9.51. The molecule has 1 aromatic heterocycles. The van der Waals surface area contributed by atoms with Gasteiger partial charge >= 0.3 is 0 Å². The van der Waals surface area contributed by atoms with Crippen molar-refractivity contribution in [2.45, 2.75) is 26.3 Å². The number of anilines is 1. The third kappa shape index (κ3) is 3.12. The van der Waals surface area contributed by atoms with E-state index in [1.54, 1.807) is 12.1 Å². The number of benzene rings is 1. The van der Waals surface area contributed by atoms with E-state index < -0.39 is 0 Å². The number of rotatable bonds is 4. The Balaban J connectivity index is 2.15. The highest BCUT2D eigenvalue weighted by Gasteiger charge is 2.11. The van der Waals surface area contributed by atoms with Crippen molar-refractivity contribution in [3.63, 3.8) is 0 Å². The number of aromatic nitrogens is 2. The number of nitrogens with one attached hydrogen (secondary N) is 1. The average molecular weight is 289 g/mol. The zero-order chi connectivity index (χ0) is 14.7. The second-order valence-corrected chi connectivity index (χ2v) is 5.44.